The molecular weight excluding hydrogens is 370 g/mol. The summed E-state index contributed by atoms with van der Waals surface area (Å²) in [5, 5.41) is 2.88. The molecule has 29 heavy (non-hydrogen) atoms. The molecule has 1 aromatic heterocycles. The van der Waals surface area contributed by atoms with E-state index in [9.17, 15) is 9.59 Å². The SMILES string of the molecule is Cc1ccc(-c2cnc(CN3C(=O)N[C@]4(CCOc5ccccc54)C3=O)o2)cc1. The van der Waals surface area contributed by atoms with Crippen LogP contribution in [0.25, 0.3) is 11.3 Å². The number of rotatable bonds is 3. The molecule has 2 aromatic carbocycles. The summed E-state index contributed by atoms with van der Waals surface area (Å²) in [6.07, 6.45) is 1.99. The molecule has 2 aliphatic heterocycles. The lowest BCUT2D eigenvalue weighted by atomic mass is 9.84. The quantitative estimate of drug-likeness (QED) is 0.694. The van der Waals surface area contributed by atoms with Gasteiger partial charge in [-0.15, -0.1) is 0 Å². The summed E-state index contributed by atoms with van der Waals surface area (Å²) in [5.74, 6) is 1.21. The zero-order chi connectivity index (χ0) is 20.0. The molecule has 7 heteroatoms. The van der Waals surface area contributed by atoms with Crippen molar-refractivity contribution >= 4 is 11.9 Å². The van der Waals surface area contributed by atoms with E-state index in [0.717, 1.165) is 16.0 Å². The highest BCUT2D eigenvalue weighted by atomic mass is 16.5. The van der Waals surface area contributed by atoms with E-state index in [2.05, 4.69) is 10.3 Å². The Morgan fingerprint density at radius 3 is 2.76 bits per heavy atom. The number of nitrogens with zero attached hydrogens (tertiary/aromatic N) is 2. The van der Waals surface area contributed by atoms with Crippen LogP contribution in [0.5, 0.6) is 5.75 Å². The Hall–Kier alpha value is -3.61. The summed E-state index contributed by atoms with van der Waals surface area (Å²) in [4.78, 5) is 31.4. The zero-order valence-corrected chi connectivity index (χ0v) is 15.8. The third kappa shape index (κ3) is 2.77. The first kappa shape index (κ1) is 17.5. The van der Waals surface area contributed by atoms with Gasteiger partial charge in [-0.1, -0.05) is 48.0 Å². The van der Waals surface area contributed by atoms with Crippen LogP contribution in [0.3, 0.4) is 0 Å². The third-order valence-electron chi connectivity index (χ3n) is 5.44. The van der Waals surface area contributed by atoms with Crippen LogP contribution in [-0.4, -0.2) is 28.4 Å². The fraction of sp³-hybridized carbons (Fsp3) is 0.227. The van der Waals surface area contributed by atoms with Crippen molar-refractivity contribution in [1.82, 2.24) is 15.2 Å². The van der Waals surface area contributed by atoms with E-state index in [1.165, 1.54) is 0 Å². The molecular formula is C22H19N3O4. The van der Waals surface area contributed by atoms with Gasteiger partial charge in [0.2, 0.25) is 5.89 Å². The van der Waals surface area contributed by atoms with Gasteiger partial charge >= 0.3 is 6.03 Å². The van der Waals surface area contributed by atoms with Crippen LogP contribution in [0.15, 0.2) is 59.1 Å². The van der Waals surface area contributed by atoms with Crippen molar-refractivity contribution in [2.75, 3.05) is 6.61 Å². The first-order valence-electron chi connectivity index (χ1n) is 9.45. The Morgan fingerprint density at radius 2 is 1.93 bits per heavy atom. The Labute approximate surface area is 167 Å². The highest BCUT2D eigenvalue weighted by Crippen LogP contribution is 2.41. The normalized spacial score (nSPS) is 20.5. The number of hydrogen-bond acceptors (Lipinski definition) is 5. The molecule has 0 aliphatic carbocycles. The minimum absolute atomic E-state index is 0.0265. The number of aryl methyl sites for hydroxylation is 1. The van der Waals surface area contributed by atoms with Gasteiger partial charge in [0.1, 0.15) is 12.3 Å². The van der Waals surface area contributed by atoms with Gasteiger partial charge in [-0.25, -0.2) is 9.78 Å². The third-order valence-corrected chi connectivity index (χ3v) is 5.44. The first-order valence-corrected chi connectivity index (χ1v) is 9.45. The number of nitrogens with one attached hydrogen (secondary N) is 1. The number of benzene rings is 2. The van der Waals surface area contributed by atoms with E-state index in [4.69, 9.17) is 9.15 Å². The van der Waals surface area contributed by atoms with Crippen LogP contribution >= 0.6 is 0 Å². The first-order chi connectivity index (χ1) is 14.1. The van der Waals surface area contributed by atoms with Gasteiger partial charge in [-0.3, -0.25) is 9.69 Å². The second kappa shape index (κ2) is 6.48. The maximum atomic E-state index is 13.3. The monoisotopic (exact) mass is 389 g/mol. The average Bonchev–Trinajstić information content (AvgIpc) is 3.29. The summed E-state index contributed by atoms with van der Waals surface area (Å²) >= 11 is 0. The van der Waals surface area contributed by atoms with Gasteiger partial charge < -0.3 is 14.5 Å². The van der Waals surface area contributed by atoms with Crippen LogP contribution in [0.1, 0.15) is 23.4 Å². The minimum atomic E-state index is -1.10. The van der Waals surface area contributed by atoms with E-state index in [-0.39, 0.29) is 12.5 Å². The lowest BCUT2D eigenvalue weighted by Gasteiger charge is -2.33. The van der Waals surface area contributed by atoms with Crippen molar-refractivity contribution in [2.24, 2.45) is 0 Å². The fourth-order valence-electron chi connectivity index (χ4n) is 3.89. The van der Waals surface area contributed by atoms with Crippen LogP contribution in [0.2, 0.25) is 0 Å². The highest BCUT2D eigenvalue weighted by molar-refractivity contribution is 6.07. The van der Waals surface area contributed by atoms with Crippen LogP contribution < -0.4 is 10.1 Å². The van der Waals surface area contributed by atoms with Gasteiger partial charge in [0.25, 0.3) is 5.91 Å². The Morgan fingerprint density at radius 1 is 1.14 bits per heavy atom. The molecule has 3 aromatic rings. The number of oxazole rings is 1. The van der Waals surface area contributed by atoms with Crippen LogP contribution in [0.4, 0.5) is 4.79 Å². The molecule has 1 N–H and O–H groups in total. The van der Waals surface area contributed by atoms with Crippen molar-refractivity contribution in [2.45, 2.75) is 25.4 Å². The number of fused-ring (bicyclic) bond motifs is 2. The smallest absolute Gasteiger partial charge is 0.325 e. The van der Waals surface area contributed by atoms with E-state index in [0.29, 0.717) is 36.0 Å². The number of carbonyl (C=O) groups excluding carboxylic acids is 2. The average molecular weight is 389 g/mol. The Kier molecular flexibility index (Phi) is 3.91. The van der Waals surface area contributed by atoms with Crippen molar-refractivity contribution in [3.63, 3.8) is 0 Å². The molecule has 2 aliphatic rings. The molecule has 0 saturated carbocycles. The second-order valence-corrected chi connectivity index (χ2v) is 7.31. The molecule has 3 amide bonds. The van der Waals surface area contributed by atoms with E-state index >= 15 is 0 Å². The fourth-order valence-corrected chi connectivity index (χ4v) is 3.89. The summed E-state index contributed by atoms with van der Waals surface area (Å²) < 4.78 is 11.5. The number of imide groups is 1. The number of para-hydroxylation sites is 1. The molecule has 1 spiro atoms. The number of ether oxygens (including phenoxy) is 1. The van der Waals surface area contributed by atoms with Crippen molar-refractivity contribution < 1.29 is 18.7 Å². The molecule has 1 fully saturated rings. The molecule has 1 saturated heterocycles. The van der Waals surface area contributed by atoms with Crippen LogP contribution in [0, 0.1) is 6.92 Å². The Bertz CT molecular complexity index is 1110. The predicted molar refractivity (Wildman–Crippen MR) is 104 cm³/mol. The van der Waals surface area contributed by atoms with Crippen LogP contribution in [-0.2, 0) is 16.9 Å². The number of urea groups is 1. The van der Waals surface area contributed by atoms with Gasteiger partial charge in [0.05, 0.1) is 12.8 Å². The molecule has 5 rings (SSSR count). The zero-order valence-electron chi connectivity index (χ0n) is 15.8. The molecule has 146 valence electrons. The van der Waals surface area contributed by atoms with Gasteiger partial charge in [0.15, 0.2) is 11.3 Å². The summed E-state index contributed by atoms with van der Waals surface area (Å²) in [7, 11) is 0. The number of amides is 3. The topological polar surface area (TPSA) is 84.7 Å². The summed E-state index contributed by atoms with van der Waals surface area (Å²) in [6, 6.07) is 14.7. The van der Waals surface area contributed by atoms with Gasteiger partial charge in [0, 0.05) is 17.5 Å². The van der Waals surface area contributed by atoms with Crippen molar-refractivity contribution in [1.29, 1.82) is 0 Å². The lowest BCUT2D eigenvalue weighted by Crippen LogP contribution is -2.47. The highest BCUT2D eigenvalue weighted by Gasteiger charge is 2.55. The number of carbonyl (C=O) groups is 2. The number of hydrogen-bond donors (Lipinski definition) is 1. The molecule has 0 radical (unpaired) electrons. The molecule has 7 nitrogen and oxygen atoms in total. The summed E-state index contributed by atoms with van der Waals surface area (Å²) in [5.41, 5.74) is 1.62. The number of aromatic nitrogens is 1. The van der Waals surface area contributed by atoms with Gasteiger partial charge in [-0.2, -0.15) is 0 Å². The summed E-state index contributed by atoms with van der Waals surface area (Å²) in [6.45, 7) is 2.34. The Balaban J connectivity index is 1.42. The second-order valence-electron chi connectivity index (χ2n) is 7.31. The van der Waals surface area contributed by atoms with E-state index in [1.807, 2.05) is 49.4 Å². The maximum Gasteiger partial charge on any atom is 0.325 e. The van der Waals surface area contributed by atoms with Gasteiger partial charge in [-0.05, 0) is 13.0 Å². The minimum Gasteiger partial charge on any atom is -0.493 e. The maximum absolute atomic E-state index is 13.3. The molecule has 1 atom stereocenters. The van der Waals surface area contributed by atoms with Crippen molar-refractivity contribution in [3.8, 4) is 17.1 Å². The molecule has 0 unspecified atom stereocenters. The van der Waals surface area contributed by atoms with E-state index < -0.39 is 11.6 Å². The van der Waals surface area contributed by atoms with Crippen molar-refractivity contribution in [3.05, 3.63) is 71.7 Å². The predicted octanol–water partition coefficient (Wildman–Crippen LogP) is 3.38. The largest absolute Gasteiger partial charge is 0.493 e. The van der Waals surface area contributed by atoms with E-state index in [1.54, 1.807) is 12.3 Å². The lowest BCUT2D eigenvalue weighted by molar-refractivity contribution is -0.133. The molecule has 0 bridgehead atoms. The standard InChI is InChI=1S/C22H19N3O4/c1-14-6-8-15(9-7-14)18-12-23-19(29-18)13-25-20(26)22(24-21(25)27)10-11-28-17-5-3-2-4-16(17)22/h2-9,12H,10-11,13H2,1H3,(H,24,27)/t22-/m0/s1. The molecule has 3 heterocycles.